The van der Waals surface area contributed by atoms with Crippen molar-refractivity contribution < 1.29 is 9.47 Å². The first-order valence-electron chi connectivity index (χ1n) is 8.44. The summed E-state index contributed by atoms with van der Waals surface area (Å²) in [6, 6.07) is 13.8. The number of ether oxygens (including phenoxy) is 2. The summed E-state index contributed by atoms with van der Waals surface area (Å²) in [4.78, 5) is 9.08. The highest BCUT2D eigenvalue weighted by Crippen LogP contribution is 2.35. The molecular formula is C20H20N4O2. The van der Waals surface area contributed by atoms with Crippen LogP contribution in [0.15, 0.2) is 42.5 Å². The molecule has 26 heavy (non-hydrogen) atoms. The maximum absolute atomic E-state index is 5.42. The van der Waals surface area contributed by atoms with Crippen LogP contribution in [0.5, 0.6) is 11.5 Å². The fourth-order valence-electron chi connectivity index (χ4n) is 2.82. The number of aryl methyl sites for hydroxylation is 2. The van der Waals surface area contributed by atoms with Gasteiger partial charge in [0.1, 0.15) is 5.82 Å². The summed E-state index contributed by atoms with van der Waals surface area (Å²) >= 11 is 0. The highest BCUT2D eigenvalue weighted by Gasteiger charge is 2.14. The van der Waals surface area contributed by atoms with Crippen molar-refractivity contribution >= 4 is 23.1 Å². The summed E-state index contributed by atoms with van der Waals surface area (Å²) in [5.74, 6) is 2.76. The van der Waals surface area contributed by atoms with Gasteiger partial charge >= 0.3 is 0 Å². The molecule has 0 aliphatic carbocycles. The minimum atomic E-state index is 0.259. The summed E-state index contributed by atoms with van der Waals surface area (Å²) in [6.07, 6.45) is 0. The Balaban J connectivity index is 1.59. The van der Waals surface area contributed by atoms with E-state index in [1.807, 2.05) is 43.3 Å². The van der Waals surface area contributed by atoms with Crippen LogP contribution in [0.25, 0.3) is 0 Å². The number of hydrogen-bond acceptors (Lipinski definition) is 6. The molecule has 0 saturated carbocycles. The van der Waals surface area contributed by atoms with Crippen molar-refractivity contribution in [3.63, 3.8) is 0 Å². The second-order valence-electron chi connectivity index (χ2n) is 6.28. The summed E-state index contributed by atoms with van der Waals surface area (Å²) < 4.78 is 10.8. The lowest BCUT2D eigenvalue weighted by Crippen LogP contribution is -2.03. The molecule has 0 fully saturated rings. The molecule has 0 atom stereocenters. The van der Waals surface area contributed by atoms with Gasteiger partial charge in [0.2, 0.25) is 12.7 Å². The third-order valence-electron chi connectivity index (χ3n) is 4.35. The average molecular weight is 348 g/mol. The largest absolute Gasteiger partial charge is 0.454 e. The quantitative estimate of drug-likeness (QED) is 0.717. The minimum absolute atomic E-state index is 0.259. The Labute approximate surface area is 152 Å². The zero-order valence-electron chi connectivity index (χ0n) is 15.0. The van der Waals surface area contributed by atoms with Crippen molar-refractivity contribution in [3.05, 3.63) is 59.3 Å². The van der Waals surface area contributed by atoms with E-state index in [0.29, 0.717) is 11.8 Å². The molecule has 1 aromatic heterocycles. The summed E-state index contributed by atoms with van der Waals surface area (Å²) in [5.41, 5.74) is 5.16. The van der Waals surface area contributed by atoms with Crippen LogP contribution in [0, 0.1) is 20.8 Å². The van der Waals surface area contributed by atoms with Crippen LogP contribution in [0.3, 0.4) is 0 Å². The SMILES string of the molecule is Cc1cc(Nc2ccc3c(c2)OCO3)nc(Nc2cccc(C)c2C)n1. The first-order valence-corrected chi connectivity index (χ1v) is 8.44. The maximum Gasteiger partial charge on any atom is 0.231 e. The van der Waals surface area contributed by atoms with Crippen molar-refractivity contribution in [1.29, 1.82) is 0 Å². The summed E-state index contributed by atoms with van der Waals surface area (Å²) in [6.45, 7) is 6.37. The van der Waals surface area contributed by atoms with E-state index in [0.717, 1.165) is 28.6 Å². The monoisotopic (exact) mass is 348 g/mol. The minimum Gasteiger partial charge on any atom is -0.454 e. The van der Waals surface area contributed by atoms with E-state index in [1.165, 1.54) is 11.1 Å². The Hall–Kier alpha value is -3.28. The first kappa shape index (κ1) is 16.2. The normalized spacial score (nSPS) is 12.1. The molecule has 0 spiro atoms. The predicted molar refractivity (Wildman–Crippen MR) is 102 cm³/mol. The van der Waals surface area contributed by atoms with Crippen molar-refractivity contribution in [1.82, 2.24) is 9.97 Å². The van der Waals surface area contributed by atoms with E-state index >= 15 is 0 Å². The molecule has 6 heteroatoms. The van der Waals surface area contributed by atoms with Crippen LogP contribution in [0.1, 0.15) is 16.8 Å². The van der Waals surface area contributed by atoms with E-state index in [1.54, 1.807) is 0 Å². The number of anilines is 4. The maximum atomic E-state index is 5.42. The molecule has 0 unspecified atom stereocenters. The number of nitrogens with zero attached hydrogens (tertiary/aromatic N) is 2. The molecular weight excluding hydrogens is 328 g/mol. The van der Waals surface area contributed by atoms with Gasteiger partial charge < -0.3 is 20.1 Å². The standard InChI is InChI=1S/C20H20N4O2/c1-12-5-4-6-16(14(12)3)23-20-21-13(2)9-19(24-20)22-15-7-8-17-18(10-15)26-11-25-17/h4-10H,11H2,1-3H3,(H2,21,22,23,24). The number of nitrogens with one attached hydrogen (secondary N) is 2. The third kappa shape index (κ3) is 3.26. The molecule has 2 N–H and O–H groups in total. The molecule has 6 nitrogen and oxygen atoms in total. The van der Waals surface area contributed by atoms with Gasteiger partial charge in [0.25, 0.3) is 0 Å². The van der Waals surface area contributed by atoms with E-state index < -0.39 is 0 Å². The molecule has 1 aliphatic heterocycles. The van der Waals surface area contributed by atoms with Gasteiger partial charge in [-0.15, -0.1) is 0 Å². The van der Waals surface area contributed by atoms with E-state index in [2.05, 4.69) is 40.5 Å². The smallest absolute Gasteiger partial charge is 0.231 e. The van der Waals surface area contributed by atoms with Crippen LogP contribution >= 0.6 is 0 Å². The molecule has 132 valence electrons. The van der Waals surface area contributed by atoms with Gasteiger partial charge in [-0.25, -0.2) is 4.98 Å². The molecule has 0 bridgehead atoms. The van der Waals surface area contributed by atoms with Gasteiger partial charge in [-0.2, -0.15) is 4.98 Å². The molecule has 0 saturated heterocycles. The summed E-state index contributed by atoms with van der Waals surface area (Å²) in [7, 11) is 0. The second-order valence-corrected chi connectivity index (χ2v) is 6.28. The van der Waals surface area contributed by atoms with Crippen LogP contribution in [0.4, 0.5) is 23.1 Å². The summed E-state index contributed by atoms with van der Waals surface area (Å²) in [5, 5.41) is 6.61. The Morgan fingerprint density at radius 2 is 1.73 bits per heavy atom. The first-order chi connectivity index (χ1) is 12.6. The van der Waals surface area contributed by atoms with Crippen molar-refractivity contribution in [2.45, 2.75) is 20.8 Å². The van der Waals surface area contributed by atoms with Gasteiger partial charge in [0, 0.05) is 29.2 Å². The Bertz CT molecular complexity index is 972. The Kier molecular flexibility index (Phi) is 4.08. The Morgan fingerprint density at radius 1 is 0.885 bits per heavy atom. The zero-order chi connectivity index (χ0) is 18.1. The number of fused-ring (bicyclic) bond motifs is 1. The molecule has 2 heterocycles. The predicted octanol–water partition coefficient (Wildman–Crippen LogP) is 4.62. The topological polar surface area (TPSA) is 68.3 Å². The van der Waals surface area contributed by atoms with Crippen molar-refractivity contribution in [3.8, 4) is 11.5 Å². The van der Waals surface area contributed by atoms with Crippen LogP contribution in [0.2, 0.25) is 0 Å². The zero-order valence-corrected chi connectivity index (χ0v) is 15.0. The van der Waals surface area contributed by atoms with Crippen molar-refractivity contribution in [2.75, 3.05) is 17.4 Å². The van der Waals surface area contributed by atoms with Crippen LogP contribution in [-0.2, 0) is 0 Å². The van der Waals surface area contributed by atoms with Gasteiger partial charge in [-0.05, 0) is 50.1 Å². The lowest BCUT2D eigenvalue weighted by atomic mass is 10.1. The fraction of sp³-hybridized carbons (Fsp3) is 0.200. The van der Waals surface area contributed by atoms with Crippen LogP contribution < -0.4 is 20.1 Å². The van der Waals surface area contributed by atoms with Crippen LogP contribution in [-0.4, -0.2) is 16.8 Å². The van der Waals surface area contributed by atoms with E-state index in [-0.39, 0.29) is 6.79 Å². The van der Waals surface area contributed by atoms with E-state index in [4.69, 9.17) is 9.47 Å². The van der Waals surface area contributed by atoms with E-state index in [9.17, 15) is 0 Å². The number of hydrogen-bond donors (Lipinski definition) is 2. The van der Waals surface area contributed by atoms with Gasteiger partial charge in [0.15, 0.2) is 11.5 Å². The molecule has 1 aliphatic rings. The highest BCUT2D eigenvalue weighted by atomic mass is 16.7. The molecule has 0 radical (unpaired) electrons. The van der Waals surface area contributed by atoms with Gasteiger partial charge in [-0.3, -0.25) is 0 Å². The number of aromatic nitrogens is 2. The fourth-order valence-corrected chi connectivity index (χ4v) is 2.82. The number of rotatable bonds is 4. The highest BCUT2D eigenvalue weighted by molar-refractivity contribution is 5.65. The molecule has 2 aromatic carbocycles. The van der Waals surface area contributed by atoms with Gasteiger partial charge in [0.05, 0.1) is 0 Å². The third-order valence-corrected chi connectivity index (χ3v) is 4.35. The second kappa shape index (κ2) is 6.55. The Morgan fingerprint density at radius 3 is 2.62 bits per heavy atom. The molecule has 0 amide bonds. The lowest BCUT2D eigenvalue weighted by molar-refractivity contribution is 0.174. The lowest BCUT2D eigenvalue weighted by Gasteiger charge is -2.12. The van der Waals surface area contributed by atoms with Gasteiger partial charge in [-0.1, -0.05) is 12.1 Å². The molecule has 3 aromatic rings. The molecule has 4 rings (SSSR count). The average Bonchev–Trinajstić information content (AvgIpc) is 3.06. The van der Waals surface area contributed by atoms with Crippen molar-refractivity contribution in [2.24, 2.45) is 0 Å². The number of benzene rings is 2.